The minimum Gasteiger partial charge on any atom is -0.486 e. The molecule has 1 N–H and O–H groups in total. The summed E-state index contributed by atoms with van der Waals surface area (Å²) < 4.78 is 37.4. The van der Waals surface area contributed by atoms with Crippen molar-refractivity contribution in [3.63, 3.8) is 0 Å². The Morgan fingerprint density at radius 2 is 1.92 bits per heavy atom. The highest BCUT2D eigenvalue weighted by Gasteiger charge is 2.23. The highest BCUT2D eigenvalue weighted by atomic mass is 35.5. The predicted octanol–water partition coefficient (Wildman–Crippen LogP) is 2.54. The molecule has 3 rings (SSSR count). The third kappa shape index (κ3) is 3.32. The normalized spacial score (nSPS) is 13.4. The summed E-state index contributed by atoms with van der Waals surface area (Å²) in [5.41, 5.74) is 0.841. The van der Waals surface area contributed by atoms with Crippen LogP contribution in [0.1, 0.15) is 15.9 Å². The van der Waals surface area contributed by atoms with E-state index in [2.05, 4.69) is 0 Å². The van der Waals surface area contributed by atoms with Crippen molar-refractivity contribution in [1.82, 2.24) is 4.72 Å². The van der Waals surface area contributed by atoms with Crippen LogP contribution in [-0.2, 0) is 10.0 Å². The number of aryl methyl sites for hydroxylation is 1. The monoisotopic (exact) mass is 367 g/mol. The number of benzene rings is 2. The number of nitrogens with one attached hydrogen (secondary N) is 1. The molecule has 0 fully saturated rings. The van der Waals surface area contributed by atoms with Gasteiger partial charge in [-0.15, -0.1) is 0 Å². The number of hydrogen-bond donors (Lipinski definition) is 1. The highest BCUT2D eigenvalue weighted by Crippen LogP contribution is 2.38. The summed E-state index contributed by atoms with van der Waals surface area (Å²) in [6.07, 6.45) is 0. The molecule has 0 radical (unpaired) electrons. The van der Waals surface area contributed by atoms with Gasteiger partial charge in [-0.1, -0.05) is 23.7 Å². The average Bonchev–Trinajstić information content (AvgIpc) is 2.54. The summed E-state index contributed by atoms with van der Waals surface area (Å²) in [6.45, 7) is 2.46. The zero-order valence-corrected chi connectivity index (χ0v) is 14.3. The number of ether oxygens (including phenoxy) is 2. The van der Waals surface area contributed by atoms with Gasteiger partial charge in [0.25, 0.3) is 15.9 Å². The Hall–Kier alpha value is -2.25. The molecule has 24 heavy (non-hydrogen) atoms. The Morgan fingerprint density at radius 1 is 1.17 bits per heavy atom. The van der Waals surface area contributed by atoms with E-state index in [1.165, 1.54) is 24.3 Å². The third-order valence-corrected chi connectivity index (χ3v) is 5.00. The molecule has 0 aromatic heterocycles. The van der Waals surface area contributed by atoms with E-state index in [1.807, 2.05) is 4.72 Å². The van der Waals surface area contributed by atoms with E-state index in [0.29, 0.717) is 24.7 Å². The topological polar surface area (TPSA) is 81.7 Å². The second kappa shape index (κ2) is 6.33. The fourth-order valence-electron chi connectivity index (χ4n) is 2.26. The van der Waals surface area contributed by atoms with Crippen LogP contribution in [0.25, 0.3) is 0 Å². The van der Waals surface area contributed by atoms with Crippen molar-refractivity contribution in [3.05, 3.63) is 52.5 Å². The lowest BCUT2D eigenvalue weighted by atomic mass is 10.2. The standard InChI is InChI=1S/C16H14ClNO5S/c1-10-3-2-4-12(7-10)24(20,21)18-16(19)11-8-13(17)15-14(9-11)22-5-6-23-15/h2-4,7-9H,5-6H2,1H3,(H,18,19). The average molecular weight is 368 g/mol. The molecule has 1 amide bonds. The van der Waals surface area contributed by atoms with Gasteiger partial charge >= 0.3 is 0 Å². The van der Waals surface area contributed by atoms with Crippen molar-refractivity contribution in [3.8, 4) is 11.5 Å². The van der Waals surface area contributed by atoms with E-state index >= 15 is 0 Å². The van der Waals surface area contributed by atoms with Crippen molar-refractivity contribution in [1.29, 1.82) is 0 Å². The number of carbonyl (C=O) groups excluding carboxylic acids is 1. The lowest BCUT2D eigenvalue weighted by molar-refractivity contribution is 0.0980. The van der Waals surface area contributed by atoms with Gasteiger partial charge in [-0.05, 0) is 36.8 Å². The first-order chi connectivity index (χ1) is 11.4. The molecule has 1 aliphatic rings. The van der Waals surface area contributed by atoms with Gasteiger partial charge < -0.3 is 9.47 Å². The quantitative estimate of drug-likeness (QED) is 0.901. The van der Waals surface area contributed by atoms with Crippen LogP contribution in [-0.4, -0.2) is 27.5 Å². The van der Waals surface area contributed by atoms with Gasteiger partial charge in [-0.25, -0.2) is 13.1 Å². The highest BCUT2D eigenvalue weighted by molar-refractivity contribution is 7.90. The molecular weight excluding hydrogens is 354 g/mol. The van der Waals surface area contributed by atoms with Crippen LogP contribution in [0.5, 0.6) is 11.5 Å². The van der Waals surface area contributed by atoms with Gasteiger partial charge in [0.05, 0.1) is 9.92 Å². The van der Waals surface area contributed by atoms with E-state index in [4.69, 9.17) is 21.1 Å². The van der Waals surface area contributed by atoms with E-state index < -0.39 is 15.9 Å². The Bertz CT molecular complexity index is 911. The lowest BCUT2D eigenvalue weighted by Crippen LogP contribution is -2.30. The molecule has 0 spiro atoms. The molecule has 0 atom stereocenters. The maximum atomic E-state index is 12.3. The summed E-state index contributed by atoms with van der Waals surface area (Å²) in [4.78, 5) is 12.3. The number of hydrogen-bond acceptors (Lipinski definition) is 5. The Morgan fingerprint density at radius 3 is 2.67 bits per heavy atom. The molecule has 2 aromatic rings. The van der Waals surface area contributed by atoms with Crippen molar-refractivity contribution in [2.75, 3.05) is 13.2 Å². The van der Waals surface area contributed by atoms with Gasteiger partial charge in [0.15, 0.2) is 11.5 Å². The summed E-state index contributed by atoms with van der Waals surface area (Å²) in [6, 6.07) is 9.01. The SMILES string of the molecule is Cc1cccc(S(=O)(=O)NC(=O)c2cc(Cl)c3c(c2)OCCO3)c1. The van der Waals surface area contributed by atoms with Crippen LogP contribution in [0.15, 0.2) is 41.3 Å². The smallest absolute Gasteiger partial charge is 0.265 e. The van der Waals surface area contributed by atoms with Crippen molar-refractivity contribution in [2.24, 2.45) is 0 Å². The molecule has 8 heteroatoms. The van der Waals surface area contributed by atoms with Crippen LogP contribution in [0.2, 0.25) is 5.02 Å². The first kappa shape index (κ1) is 16.6. The van der Waals surface area contributed by atoms with Gasteiger partial charge in [0.2, 0.25) is 0 Å². The van der Waals surface area contributed by atoms with Gasteiger partial charge in [0.1, 0.15) is 13.2 Å². The number of fused-ring (bicyclic) bond motifs is 1. The Balaban J connectivity index is 1.89. The van der Waals surface area contributed by atoms with Crippen LogP contribution >= 0.6 is 11.6 Å². The molecule has 0 unspecified atom stereocenters. The van der Waals surface area contributed by atoms with E-state index in [0.717, 1.165) is 5.56 Å². The molecule has 1 aliphatic heterocycles. The second-order valence-electron chi connectivity index (χ2n) is 5.23. The van der Waals surface area contributed by atoms with Crippen molar-refractivity contribution >= 4 is 27.5 Å². The Kier molecular flexibility index (Phi) is 4.38. The van der Waals surface area contributed by atoms with E-state index in [1.54, 1.807) is 19.1 Å². The van der Waals surface area contributed by atoms with Crippen LogP contribution in [0.4, 0.5) is 0 Å². The minimum absolute atomic E-state index is 0.0134. The summed E-state index contributed by atoms with van der Waals surface area (Å²) in [5.74, 6) is -0.136. The van der Waals surface area contributed by atoms with Crippen LogP contribution in [0, 0.1) is 6.92 Å². The van der Waals surface area contributed by atoms with E-state index in [-0.39, 0.29) is 15.5 Å². The first-order valence-corrected chi connectivity index (χ1v) is 8.96. The summed E-state index contributed by atoms with van der Waals surface area (Å²) in [5, 5.41) is 0.185. The largest absolute Gasteiger partial charge is 0.486 e. The molecule has 1 heterocycles. The molecule has 0 saturated carbocycles. The minimum atomic E-state index is -3.98. The zero-order valence-electron chi connectivity index (χ0n) is 12.7. The fourth-order valence-corrected chi connectivity index (χ4v) is 3.61. The molecule has 0 saturated heterocycles. The maximum absolute atomic E-state index is 12.3. The third-order valence-electron chi connectivity index (χ3n) is 3.39. The first-order valence-electron chi connectivity index (χ1n) is 7.10. The van der Waals surface area contributed by atoms with Crippen molar-refractivity contribution < 1.29 is 22.7 Å². The Labute approximate surface area is 144 Å². The summed E-state index contributed by atoms with van der Waals surface area (Å²) in [7, 11) is -3.98. The fraction of sp³-hybridized carbons (Fsp3) is 0.188. The number of sulfonamides is 1. The van der Waals surface area contributed by atoms with Gasteiger partial charge in [-0.2, -0.15) is 0 Å². The molecular formula is C16H14ClNO5S. The number of amides is 1. The predicted molar refractivity (Wildman–Crippen MR) is 88.3 cm³/mol. The van der Waals surface area contributed by atoms with Crippen LogP contribution in [0.3, 0.4) is 0 Å². The van der Waals surface area contributed by atoms with Gasteiger partial charge in [-0.3, -0.25) is 4.79 Å². The number of carbonyl (C=O) groups is 1. The zero-order chi connectivity index (χ0) is 17.3. The molecule has 0 aliphatic carbocycles. The van der Waals surface area contributed by atoms with Crippen molar-refractivity contribution in [2.45, 2.75) is 11.8 Å². The molecule has 126 valence electrons. The molecule has 2 aromatic carbocycles. The summed E-state index contributed by atoms with van der Waals surface area (Å²) >= 11 is 6.07. The number of rotatable bonds is 3. The van der Waals surface area contributed by atoms with Crippen LogP contribution < -0.4 is 14.2 Å². The molecule has 0 bridgehead atoms. The van der Waals surface area contributed by atoms with E-state index in [9.17, 15) is 13.2 Å². The lowest BCUT2D eigenvalue weighted by Gasteiger charge is -2.20. The molecule has 6 nitrogen and oxygen atoms in total. The second-order valence-corrected chi connectivity index (χ2v) is 7.32. The maximum Gasteiger partial charge on any atom is 0.265 e. The number of halogens is 1. The van der Waals surface area contributed by atoms with Gasteiger partial charge in [0, 0.05) is 5.56 Å².